The van der Waals surface area contributed by atoms with Gasteiger partial charge in [0.1, 0.15) is 11.9 Å². The van der Waals surface area contributed by atoms with Gasteiger partial charge in [-0.25, -0.2) is 9.18 Å². The van der Waals surface area contributed by atoms with Gasteiger partial charge in [-0.05, 0) is 42.7 Å². The van der Waals surface area contributed by atoms with E-state index in [1.807, 2.05) is 12.1 Å². The Kier molecular flexibility index (Phi) is 5.49. The molecule has 0 radical (unpaired) electrons. The van der Waals surface area contributed by atoms with E-state index in [1.165, 1.54) is 23.3 Å². The molecule has 3 rings (SSSR count). The van der Waals surface area contributed by atoms with Gasteiger partial charge < -0.3 is 10.6 Å². The van der Waals surface area contributed by atoms with E-state index in [4.69, 9.17) is 5.26 Å². The molecule has 1 aliphatic heterocycles. The number of urea groups is 1. The third-order valence-electron chi connectivity index (χ3n) is 4.69. The molecule has 0 saturated carbocycles. The number of hydrogen-bond donors (Lipinski definition) is 2. The normalized spacial score (nSPS) is 14.8. The highest BCUT2D eigenvalue weighted by Gasteiger charge is 2.20. The topological polar surface area (TPSA) is 68.2 Å². The van der Waals surface area contributed by atoms with Gasteiger partial charge in [0.15, 0.2) is 0 Å². The zero-order valence-electron chi connectivity index (χ0n) is 14.6. The highest BCUT2D eigenvalue weighted by atomic mass is 19.1. The summed E-state index contributed by atoms with van der Waals surface area (Å²) in [5, 5.41) is 14.5. The predicted octanol–water partition coefficient (Wildman–Crippen LogP) is 3.27. The lowest BCUT2D eigenvalue weighted by atomic mass is 9.99. The first-order valence-electron chi connectivity index (χ1n) is 8.62. The molecule has 0 spiro atoms. The van der Waals surface area contributed by atoms with E-state index < -0.39 is 11.8 Å². The van der Waals surface area contributed by atoms with Gasteiger partial charge in [0.25, 0.3) is 0 Å². The summed E-state index contributed by atoms with van der Waals surface area (Å²) in [6.07, 6.45) is 1.01. The van der Waals surface area contributed by atoms with Crippen molar-refractivity contribution >= 4 is 11.7 Å². The monoisotopic (exact) mass is 352 g/mol. The molecule has 2 aromatic rings. The van der Waals surface area contributed by atoms with Crippen molar-refractivity contribution in [2.24, 2.45) is 0 Å². The third-order valence-corrected chi connectivity index (χ3v) is 4.69. The van der Waals surface area contributed by atoms with E-state index in [0.717, 1.165) is 25.6 Å². The van der Waals surface area contributed by atoms with Crippen molar-refractivity contribution in [2.75, 3.05) is 18.4 Å². The number of carbonyl (C=O) groups excluding carboxylic acids is 1. The van der Waals surface area contributed by atoms with Crippen LogP contribution in [0, 0.1) is 17.1 Å². The van der Waals surface area contributed by atoms with Crippen LogP contribution in [0.15, 0.2) is 42.5 Å². The van der Waals surface area contributed by atoms with Crippen molar-refractivity contribution in [3.05, 3.63) is 65.0 Å². The van der Waals surface area contributed by atoms with Crippen molar-refractivity contribution < 1.29 is 9.18 Å². The van der Waals surface area contributed by atoms with Gasteiger partial charge in [0.05, 0.1) is 11.3 Å². The summed E-state index contributed by atoms with van der Waals surface area (Å²) in [7, 11) is 0. The van der Waals surface area contributed by atoms with Crippen LogP contribution in [0.1, 0.15) is 23.6 Å². The lowest BCUT2D eigenvalue weighted by Crippen LogP contribution is -2.45. The molecule has 1 heterocycles. The first-order chi connectivity index (χ1) is 12.6. The minimum absolute atomic E-state index is 0.0980. The molecular formula is C20H21FN4O. The number of anilines is 1. The van der Waals surface area contributed by atoms with E-state index >= 15 is 0 Å². The van der Waals surface area contributed by atoms with Crippen LogP contribution in [-0.2, 0) is 13.0 Å². The second kappa shape index (κ2) is 7.98. The average Bonchev–Trinajstić information content (AvgIpc) is 2.67. The van der Waals surface area contributed by atoms with E-state index in [1.54, 1.807) is 0 Å². The van der Waals surface area contributed by atoms with Gasteiger partial charge in [-0.15, -0.1) is 0 Å². The molecule has 6 heteroatoms. The highest BCUT2D eigenvalue weighted by Crippen LogP contribution is 2.20. The zero-order valence-corrected chi connectivity index (χ0v) is 14.6. The molecule has 0 saturated heterocycles. The molecule has 1 unspecified atom stereocenters. The Morgan fingerprint density at radius 3 is 2.85 bits per heavy atom. The molecule has 1 atom stereocenters. The Bertz CT molecular complexity index is 846. The lowest BCUT2D eigenvalue weighted by molar-refractivity contribution is 0.186. The number of halogens is 1. The Hall–Kier alpha value is -2.91. The van der Waals surface area contributed by atoms with Gasteiger partial charge in [0.2, 0.25) is 0 Å². The number of benzene rings is 2. The highest BCUT2D eigenvalue weighted by molar-refractivity contribution is 5.90. The summed E-state index contributed by atoms with van der Waals surface area (Å²) in [6, 6.07) is 13.8. The molecule has 2 N–H and O–H groups in total. The van der Waals surface area contributed by atoms with E-state index in [-0.39, 0.29) is 11.6 Å². The summed E-state index contributed by atoms with van der Waals surface area (Å²) >= 11 is 0. The first kappa shape index (κ1) is 17.9. The summed E-state index contributed by atoms with van der Waals surface area (Å²) in [5.74, 6) is -0.508. The maximum absolute atomic E-state index is 13.2. The van der Waals surface area contributed by atoms with Gasteiger partial charge >= 0.3 is 6.03 Å². The Labute approximate surface area is 152 Å². The van der Waals surface area contributed by atoms with Gasteiger partial charge in [-0.3, -0.25) is 4.90 Å². The molecule has 2 amide bonds. The van der Waals surface area contributed by atoms with E-state index in [2.05, 4.69) is 40.7 Å². The molecule has 134 valence electrons. The van der Waals surface area contributed by atoms with Crippen LogP contribution in [0.2, 0.25) is 0 Å². The van der Waals surface area contributed by atoms with Crippen LogP contribution in [0.25, 0.3) is 0 Å². The molecule has 0 aromatic heterocycles. The lowest BCUT2D eigenvalue weighted by Gasteiger charge is -2.33. The smallest absolute Gasteiger partial charge is 0.319 e. The molecule has 26 heavy (non-hydrogen) atoms. The van der Waals surface area contributed by atoms with Crippen molar-refractivity contribution in [3.63, 3.8) is 0 Å². The van der Waals surface area contributed by atoms with Crippen LogP contribution in [-0.4, -0.2) is 30.1 Å². The average molecular weight is 352 g/mol. The second-order valence-electron chi connectivity index (χ2n) is 6.47. The van der Waals surface area contributed by atoms with E-state index in [0.29, 0.717) is 12.2 Å². The minimum Gasteiger partial charge on any atom is -0.336 e. The standard InChI is InChI=1S/C20H21FN4O/c1-14(25-9-8-15-4-2-3-5-16(15)13-25)12-23-20(26)24-19-7-6-18(21)10-17(19)11-22/h2-7,10,14H,8-9,12-13H2,1H3,(H2,23,24,26). The van der Waals surface area contributed by atoms with Crippen molar-refractivity contribution in [1.29, 1.82) is 5.26 Å². The predicted molar refractivity (Wildman–Crippen MR) is 98.2 cm³/mol. The maximum Gasteiger partial charge on any atom is 0.319 e. The SMILES string of the molecule is CC(CNC(=O)Nc1ccc(F)cc1C#N)N1CCc2ccccc2C1. The van der Waals surface area contributed by atoms with Crippen LogP contribution >= 0.6 is 0 Å². The van der Waals surface area contributed by atoms with Gasteiger partial charge in [0, 0.05) is 25.7 Å². The molecule has 0 aliphatic carbocycles. The summed E-state index contributed by atoms with van der Waals surface area (Å²) < 4.78 is 13.2. The molecule has 5 nitrogen and oxygen atoms in total. The Balaban J connectivity index is 1.53. The summed E-state index contributed by atoms with van der Waals surface area (Å²) in [4.78, 5) is 14.4. The number of hydrogen-bond acceptors (Lipinski definition) is 3. The zero-order chi connectivity index (χ0) is 18.5. The number of fused-ring (bicyclic) bond motifs is 1. The summed E-state index contributed by atoms with van der Waals surface area (Å²) in [6.45, 7) is 4.39. The number of nitrogens with zero attached hydrogens (tertiary/aromatic N) is 2. The first-order valence-corrected chi connectivity index (χ1v) is 8.62. The van der Waals surface area contributed by atoms with E-state index in [9.17, 15) is 9.18 Å². The van der Waals surface area contributed by atoms with Crippen molar-refractivity contribution in [3.8, 4) is 6.07 Å². The maximum atomic E-state index is 13.2. The van der Waals surface area contributed by atoms with Crippen molar-refractivity contribution in [2.45, 2.75) is 25.9 Å². The van der Waals surface area contributed by atoms with Crippen LogP contribution in [0.5, 0.6) is 0 Å². The number of rotatable bonds is 4. The second-order valence-corrected chi connectivity index (χ2v) is 6.47. The molecular weight excluding hydrogens is 331 g/mol. The van der Waals surface area contributed by atoms with Crippen LogP contribution in [0.3, 0.4) is 0 Å². The summed E-state index contributed by atoms with van der Waals surface area (Å²) in [5.41, 5.74) is 3.12. The molecule has 0 bridgehead atoms. The molecule has 1 aliphatic rings. The fourth-order valence-electron chi connectivity index (χ4n) is 3.15. The third kappa shape index (κ3) is 4.19. The fourth-order valence-corrected chi connectivity index (χ4v) is 3.15. The van der Waals surface area contributed by atoms with Crippen molar-refractivity contribution in [1.82, 2.24) is 10.2 Å². The number of nitriles is 1. The molecule has 0 fully saturated rings. The fraction of sp³-hybridized carbons (Fsp3) is 0.300. The van der Waals surface area contributed by atoms with Crippen LogP contribution in [0.4, 0.5) is 14.9 Å². The largest absolute Gasteiger partial charge is 0.336 e. The number of carbonyl (C=O) groups is 1. The number of amides is 2. The molecule has 2 aromatic carbocycles. The van der Waals surface area contributed by atoms with Crippen LogP contribution < -0.4 is 10.6 Å². The quantitative estimate of drug-likeness (QED) is 0.887. The Morgan fingerprint density at radius 2 is 2.08 bits per heavy atom. The van der Waals surface area contributed by atoms with Gasteiger partial charge in [-0.2, -0.15) is 5.26 Å². The Morgan fingerprint density at radius 1 is 1.31 bits per heavy atom. The number of nitrogens with one attached hydrogen (secondary N) is 2. The van der Waals surface area contributed by atoms with Gasteiger partial charge in [-0.1, -0.05) is 24.3 Å². The minimum atomic E-state index is -0.508.